The summed E-state index contributed by atoms with van der Waals surface area (Å²) in [5.74, 6) is 0.0895. The van der Waals surface area contributed by atoms with Gasteiger partial charge in [0.05, 0.1) is 0 Å². The van der Waals surface area contributed by atoms with Gasteiger partial charge in [0, 0.05) is 31.7 Å². The molecule has 0 aliphatic carbocycles. The van der Waals surface area contributed by atoms with Gasteiger partial charge in [0.2, 0.25) is 5.91 Å². The summed E-state index contributed by atoms with van der Waals surface area (Å²) in [7, 11) is 6.04. The van der Waals surface area contributed by atoms with Crippen LogP contribution in [0.1, 0.15) is 17.5 Å². The first-order chi connectivity index (χ1) is 8.56. The van der Waals surface area contributed by atoms with E-state index >= 15 is 0 Å². The number of rotatable bonds is 4. The van der Waals surface area contributed by atoms with Crippen LogP contribution in [0.5, 0.6) is 0 Å². The summed E-state index contributed by atoms with van der Waals surface area (Å²) in [5.41, 5.74) is 3.56. The van der Waals surface area contributed by atoms with Gasteiger partial charge >= 0.3 is 0 Å². The van der Waals surface area contributed by atoms with Gasteiger partial charge in [-0.2, -0.15) is 0 Å². The van der Waals surface area contributed by atoms with Gasteiger partial charge < -0.3 is 10.2 Å². The predicted octanol–water partition coefficient (Wildman–Crippen LogP) is 1.52. The van der Waals surface area contributed by atoms with Crippen molar-refractivity contribution in [3.05, 3.63) is 29.3 Å². The molecule has 1 heterocycles. The van der Waals surface area contributed by atoms with Crippen molar-refractivity contribution in [3.8, 4) is 0 Å². The van der Waals surface area contributed by atoms with E-state index < -0.39 is 0 Å². The Labute approximate surface area is 109 Å². The fourth-order valence-electron chi connectivity index (χ4n) is 2.24. The summed E-state index contributed by atoms with van der Waals surface area (Å²) < 4.78 is 0. The number of hydrogen-bond donors (Lipinski definition) is 1. The Kier molecular flexibility index (Phi) is 3.99. The number of carbonyl (C=O) groups is 1. The van der Waals surface area contributed by atoms with Crippen LogP contribution in [0.15, 0.2) is 18.2 Å². The maximum absolute atomic E-state index is 11.8. The zero-order valence-electron chi connectivity index (χ0n) is 11.4. The number of carbonyl (C=O) groups excluding carboxylic acids is 1. The SMILES string of the molecule is CN(C)CCC(=O)Nc1cccc2c1CN(C)C2. The molecular weight excluding hydrogens is 226 g/mol. The number of nitrogens with zero attached hydrogens (tertiary/aromatic N) is 2. The van der Waals surface area contributed by atoms with Crippen LogP contribution in [0.25, 0.3) is 0 Å². The van der Waals surface area contributed by atoms with Gasteiger partial charge in [-0.1, -0.05) is 12.1 Å². The van der Waals surface area contributed by atoms with Crippen molar-refractivity contribution in [1.82, 2.24) is 9.80 Å². The molecule has 4 heteroatoms. The molecule has 1 aliphatic rings. The standard InChI is InChI=1S/C14H21N3O/c1-16(2)8-7-14(18)15-13-6-4-5-11-9-17(3)10-12(11)13/h4-6H,7-10H2,1-3H3,(H,15,18). The predicted molar refractivity (Wildman–Crippen MR) is 73.4 cm³/mol. The third-order valence-electron chi connectivity index (χ3n) is 3.20. The van der Waals surface area contributed by atoms with Gasteiger partial charge in [0.15, 0.2) is 0 Å². The lowest BCUT2D eigenvalue weighted by Gasteiger charge is -2.12. The van der Waals surface area contributed by atoms with Gasteiger partial charge in [-0.05, 0) is 38.3 Å². The molecule has 1 N–H and O–H groups in total. The molecule has 98 valence electrons. The van der Waals surface area contributed by atoms with Crippen LogP contribution in [0.3, 0.4) is 0 Å². The second-order valence-electron chi connectivity index (χ2n) is 5.22. The van der Waals surface area contributed by atoms with E-state index in [1.54, 1.807) is 0 Å². The number of benzene rings is 1. The molecule has 0 saturated heterocycles. The third kappa shape index (κ3) is 3.09. The lowest BCUT2D eigenvalue weighted by atomic mass is 10.1. The minimum absolute atomic E-state index is 0.0895. The summed E-state index contributed by atoms with van der Waals surface area (Å²) in [6.07, 6.45) is 0.534. The molecule has 4 nitrogen and oxygen atoms in total. The Morgan fingerprint density at radius 1 is 1.39 bits per heavy atom. The smallest absolute Gasteiger partial charge is 0.225 e. The van der Waals surface area contributed by atoms with Crippen molar-refractivity contribution in [3.63, 3.8) is 0 Å². The fourth-order valence-corrected chi connectivity index (χ4v) is 2.24. The van der Waals surface area contributed by atoms with Crippen molar-refractivity contribution < 1.29 is 4.79 Å². The molecular formula is C14H21N3O. The number of hydrogen-bond acceptors (Lipinski definition) is 3. The molecule has 1 aromatic rings. The van der Waals surface area contributed by atoms with Crippen LogP contribution in [-0.2, 0) is 17.9 Å². The third-order valence-corrected chi connectivity index (χ3v) is 3.20. The van der Waals surface area contributed by atoms with Crippen LogP contribution in [0.4, 0.5) is 5.69 Å². The molecule has 18 heavy (non-hydrogen) atoms. The Hall–Kier alpha value is -1.39. The zero-order valence-corrected chi connectivity index (χ0v) is 11.4. The van der Waals surface area contributed by atoms with E-state index in [-0.39, 0.29) is 5.91 Å². The normalized spacial score (nSPS) is 14.9. The minimum Gasteiger partial charge on any atom is -0.326 e. The quantitative estimate of drug-likeness (QED) is 0.876. The molecule has 0 spiro atoms. The molecule has 0 unspecified atom stereocenters. The van der Waals surface area contributed by atoms with E-state index in [2.05, 4.69) is 23.3 Å². The van der Waals surface area contributed by atoms with E-state index in [1.165, 1.54) is 11.1 Å². The van der Waals surface area contributed by atoms with Crippen LogP contribution in [0, 0.1) is 0 Å². The lowest BCUT2D eigenvalue weighted by molar-refractivity contribution is -0.116. The molecule has 0 atom stereocenters. The molecule has 2 rings (SSSR count). The molecule has 0 bridgehead atoms. The second kappa shape index (κ2) is 5.50. The maximum atomic E-state index is 11.8. The summed E-state index contributed by atoms with van der Waals surface area (Å²) in [5, 5.41) is 3.03. The van der Waals surface area contributed by atoms with Gasteiger partial charge in [0.1, 0.15) is 0 Å². The lowest BCUT2D eigenvalue weighted by Crippen LogP contribution is -2.21. The molecule has 1 aliphatic heterocycles. The second-order valence-corrected chi connectivity index (χ2v) is 5.22. The summed E-state index contributed by atoms with van der Waals surface area (Å²) in [4.78, 5) is 16.1. The van der Waals surface area contributed by atoms with Crippen molar-refractivity contribution in [2.45, 2.75) is 19.5 Å². The van der Waals surface area contributed by atoms with E-state index in [0.717, 1.165) is 25.3 Å². The first-order valence-corrected chi connectivity index (χ1v) is 6.30. The Morgan fingerprint density at radius 2 is 2.17 bits per heavy atom. The average Bonchev–Trinajstić information content (AvgIpc) is 2.68. The van der Waals surface area contributed by atoms with Crippen LogP contribution in [0.2, 0.25) is 0 Å². The monoisotopic (exact) mass is 247 g/mol. The molecule has 1 amide bonds. The van der Waals surface area contributed by atoms with Gasteiger partial charge in [-0.25, -0.2) is 0 Å². The molecule has 1 aromatic carbocycles. The van der Waals surface area contributed by atoms with Crippen molar-refractivity contribution in [2.75, 3.05) is 33.0 Å². The summed E-state index contributed by atoms with van der Waals surface area (Å²) in [6.45, 7) is 2.66. The average molecular weight is 247 g/mol. The summed E-state index contributed by atoms with van der Waals surface area (Å²) in [6, 6.07) is 6.14. The van der Waals surface area contributed by atoms with Gasteiger partial charge in [-0.3, -0.25) is 9.69 Å². The van der Waals surface area contributed by atoms with Crippen LogP contribution < -0.4 is 5.32 Å². The summed E-state index contributed by atoms with van der Waals surface area (Å²) >= 11 is 0. The molecule has 0 saturated carbocycles. The maximum Gasteiger partial charge on any atom is 0.225 e. The highest BCUT2D eigenvalue weighted by Crippen LogP contribution is 2.28. The van der Waals surface area contributed by atoms with E-state index in [9.17, 15) is 4.79 Å². The minimum atomic E-state index is 0.0895. The highest BCUT2D eigenvalue weighted by atomic mass is 16.1. The largest absolute Gasteiger partial charge is 0.326 e. The molecule has 0 radical (unpaired) electrons. The Morgan fingerprint density at radius 3 is 2.89 bits per heavy atom. The van der Waals surface area contributed by atoms with Gasteiger partial charge in [-0.15, -0.1) is 0 Å². The topological polar surface area (TPSA) is 35.6 Å². The number of fused-ring (bicyclic) bond motifs is 1. The molecule has 0 fully saturated rings. The van der Waals surface area contributed by atoms with Gasteiger partial charge in [0.25, 0.3) is 0 Å². The van der Waals surface area contributed by atoms with Crippen LogP contribution >= 0.6 is 0 Å². The van der Waals surface area contributed by atoms with Crippen LogP contribution in [-0.4, -0.2) is 43.4 Å². The molecule has 0 aromatic heterocycles. The van der Waals surface area contributed by atoms with E-state index in [1.807, 2.05) is 31.1 Å². The first-order valence-electron chi connectivity index (χ1n) is 6.30. The highest BCUT2D eigenvalue weighted by Gasteiger charge is 2.19. The number of amides is 1. The van der Waals surface area contributed by atoms with Crippen molar-refractivity contribution >= 4 is 11.6 Å². The zero-order chi connectivity index (χ0) is 13.1. The Balaban J connectivity index is 2.02. The first kappa shape index (κ1) is 13.1. The number of anilines is 1. The van der Waals surface area contributed by atoms with E-state index in [0.29, 0.717) is 6.42 Å². The van der Waals surface area contributed by atoms with E-state index in [4.69, 9.17) is 0 Å². The van der Waals surface area contributed by atoms with Crippen molar-refractivity contribution in [1.29, 1.82) is 0 Å². The fraction of sp³-hybridized carbons (Fsp3) is 0.500. The Bertz CT molecular complexity index is 443. The number of nitrogens with one attached hydrogen (secondary N) is 1. The highest BCUT2D eigenvalue weighted by molar-refractivity contribution is 5.91. The van der Waals surface area contributed by atoms with Crippen molar-refractivity contribution in [2.24, 2.45) is 0 Å².